The van der Waals surface area contributed by atoms with E-state index in [2.05, 4.69) is 5.32 Å². The van der Waals surface area contributed by atoms with Gasteiger partial charge >= 0.3 is 0 Å². The zero-order valence-electron chi connectivity index (χ0n) is 10.9. The lowest BCUT2D eigenvalue weighted by molar-refractivity contribution is -0.136. The molecule has 0 aliphatic carbocycles. The monoisotopic (exact) mass is 250 g/mol. The van der Waals surface area contributed by atoms with Gasteiger partial charge in [-0.15, -0.1) is 0 Å². The number of nitrogens with zero attached hydrogens (tertiary/aromatic N) is 1. The molecule has 0 unspecified atom stereocenters. The Kier molecular flexibility index (Phi) is 3.66. The number of carbonyl (C=O) groups is 1. The van der Waals surface area contributed by atoms with Crippen LogP contribution in [0.2, 0.25) is 0 Å². The van der Waals surface area contributed by atoms with E-state index < -0.39 is 5.41 Å². The fourth-order valence-corrected chi connectivity index (χ4v) is 2.26. The zero-order chi connectivity index (χ0) is 13.2. The Morgan fingerprint density at radius 2 is 2.00 bits per heavy atom. The number of piperazine rings is 1. The maximum absolute atomic E-state index is 13.3. The van der Waals surface area contributed by atoms with E-state index in [0.717, 1.165) is 31.7 Å². The predicted molar refractivity (Wildman–Crippen MR) is 68.9 cm³/mol. The van der Waals surface area contributed by atoms with Gasteiger partial charge in [0.25, 0.3) is 0 Å². The molecule has 3 nitrogen and oxygen atoms in total. The zero-order valence-corrected chi connectivity index (χ0v) is 10.9. The molecule has 0 spiro atoms. The molecule has 1 aliphatic heterocycles. The lowest BCUT2D eigenvalue weighted by atomic mass is 9.83. The van der Waals surface area contributed by atoms with Gasteiger partial charge in [-0.1, -0.05) is 12.1 Å². The fourth-order valence-electron chi connectivity index (χ4n) is 2.26. The van der Waals surface area contributed by atoms with Crippen molar-refractivity contribution in [2.24, 2.45) is 0 Å². The Bertz CT molecular complexity index is 439. The minimum atomic E-state index is -0.681. The van der Waals surface area contributed by atoms with Gasteiger partial charge < -0.3 is 10.2 Å². The molecule has 1 heterocycles. The number of hydrogen-bond donors (Lipinski definition) is 1. The number of nitrogens with one attached hydrogen (secondary N) is 1. The van der Waals surface area contributed by atoms with Gasteiger partial charge in [0, 0.05) is 26.2 Å². The molecule has 4 heteroatoms. The Labute approximate surface area is 107 Å². The lowest BCUT2D eigenvalue weighted by Crippen LogP contribution is -2.51. The predicted octanol–water partition coefficient (Wildman–Crippen LogP) is 1.54. The van der Waals surface area contributed by atoms with Gasteiger partial charge in [0.15, 0.2) is 0 Å². The van der Waals surface area contributed by atoms with Gasteiger partial charge in [-0.25, -0.2) is 4.39 Å². The van der Waals surface area contributed by atoms with Gasteiger partial charge in [-0.3, -0.25) is 4.79 Å². The first-order valence-electron chi connectivity index (χ1n) is 6.28. The van der Waals surface area contributed by atoms with Crippen molar-refractivity contribution in [3.8, 4) is 0 Å². The third-order valence-electron chi connectivity index (χ3n) is 3.49. The number of halogens is 1. The normalized spacial score (nSPS) is 16.7. The molecular weight excluding hydrogens is 231 g/mol. The Hall–Kier alpha value is -1.42. The first kappa shape index (κ1) is 13.0. The van der Waals surface area contributed by atoms with Gasteiger partial charge in [0.05, 0.1) is 5.41 Å². The van der Waals surface area contributed by atoms with E-state index in [4.69, 9.17) is 0 Å². The minimum Gasteiger partial charge on any atom is -0.339 e. The van der Waals surface area contributed by atoms with Crippen LogP contribution in [0.5, 0.6) is 0 Å². The molecule has 1 aromatic rings. The van der Waals surface area contributed by atoms with Crippen LogP contribution in [0.1, 0.15) is 19.4 Å². The van der Waals surface area contributed by atoms with Crippen molar-refractivity contribution in [2.75, 3.05) is 26.2 Å². The van der Waals surface area contributed by atoms with E-state index in [1.54, 1.807) is 6.07 Å². The molecule has 1 saturated heterocycles. The summed E-state index contributed by atoms with van der Waals surface area (Å²) in [4.78, 5) is 14.4. The van der Waals surface area contributed by atoms with Gasteiger partial charge in [-0.2, -0.15) is 0 Å². The maximum atomic E-state index is 13.3. The van der Waals surface area contributed by atoms with Crippen molar-refractivity contribution in [3.63, 3.8) is 0 Å². The number of hydrogen-bond acceptors (Lipinski definition) is 2. The quantitative estimate of drug-likeness (QED) is 0.863. The van der Waals surface area contributed by atoms with Crippen LogP contribution in [0.25, 0.3) is 0 Å². The standard InChI is InChI=1S/C14H19FN2O/c1-14(2,11-4-3-5-12(15)10-11)13(18)17-8-6-16-7-9-17/h3-5,10,16H,6-9H2,1-2H3. The van der Waals surface area contributed by atoms with Crippen LogP contribution in [-0.4, -0.2) is 37.0 Å². The van der Waals surface area contributed by atoms with Crippen LogP contribution in [0.15, 0.2) is 24.3 Å². The Morgan fingerprint density at radius 3 is 2.61 bits per heavy atom. The minimum absolute atomic E-state index is 0.0644. The Morgan fingerprint density at radius 1 is 1.33 bits per heavy atom. The summed E-state index contributed by atoms with van der Waals surface area (Å²) in [6.45, 7) is 6.80. The van der Waals surface area contributed by atoms with Crippen LogP contribution in [0, 0.1) is 5.82 Å². The van der Waals surface area contributed by atoms with Crippen LogP contribution in [-0.2, 0) is 10.2 Å². The molecule has 0 aromatic heterocycles. The molecule has 18 heavy (non-hydrogen) atoms. The van der Waals surface area contributed by atoms with E-state index in [1.807, 2.05) is 24.8 Å². The van der Waals surface area contributed by atoms with E-state index >= 15 is 0 Å². The highest BCUT2D eigenvalue weighted by Crippen LogP contribution is 2.26. The summed E-state index contributed by atoms with van der Waals surface area (Å²) in [7, 11) is 0. The highest BCUT2D eigenvalue weighted by atomic mass is 19.1. The van der Waals surface area contributed by atoms with Crippen LogP contribution in [0.4, 0.5) is 4.39 Å². The summed E-state index contributed by atoms with van der Waals surface area (Å²) in [5.74, 6) is -0.233. The van der Waals surface area contributed by atoms with E-state index in [0.29, 0.717) is 0 Å². The van der Waals surface area contributed by atoms with Crippen molar-refractivity contribution in [1.82, 2.24) is 10.2 Å². The second-order valence-electron chi connectivity index (χ2n) is 5.18. The highest BCUT2D eigenvalue weighted by molar-refractivity contribution is 5.87. The molecule has 1 N–H and O–H groups in total. The summed E-state index contributed by atoms with van der Waals surface area (Å²) in [6, 6.07) is 6.30. The molecule has 0 radical (unpaired) electrons. The Balaban J connectivity index is 2.21. The summed E-state index contributed by atoms with van der Waals surface area (Å²) in [5, 5.41) is 3.22. The average Bonchev–Trinajstić information content (AvgIpc) is 2.39. The highest BCUT2D eigenvalue weighted by Gasteiger charge is 2.34. The van der Waals surface area contributed by atoms with Crippen molar-refractivity contribution in [1.29, 1.82) is 0 Å². The summed E-state index contributed by atoms with van der Waals surface area (Å²) >= 11 is 0. The molecule has 0 bridgehead atoms. The number of benzene rings is 1. The van der Waals surface area contributed by atoms with E-state index in [9.17, 15) is 9.18 Å². The molecule has 1 fully saturated rings. The molecule has 1 amide bonds. The summed E-state index contributed by atoms with van der Waals surface area (Å²) < 4.78 is 13.3. The number of carbonyl (C=O) groups excluding carboxylic acids is 1. The third-order valence-corrected chi connectivity index (χ3v) is 3.49. The molecule has 98 valence electrons. The number of amides is 1. The average molecular weight is 250 g/mol. The maximum Gasteiger partial charge on any atom is 0.232 e. The first-order valence-corrected chi connectivity index (χ1v) is 6.28. The van der Waals surface area contributed by atoms with Crippen molar-refractivity contribution < 1.29 is 9.18 Å². The van der Waals surface area contributed by atoms with Crippen LogP contribution < -0.4 is 5.32 Å². The van der Waals surface area contributed by atoms with E-state index in [-0.39, 0.29) is 11.7 Å². The summed E-state index contributed by atoms with van der Waals surface area (Å²) in [5.41, 5.74) is 0.0467. The van der Waals surface area contributed by atoms with Crippen molar-refractivity contribution in [3.05, 3.63) is 35.6 Å². The van der Waals surface area contributed by atoms with E-state index in [1.165, 1.54) is 12.1 Å². The summed E-state index contributed by atoms with van der Waals surface area (Å²) in [6.07, 6.45) is 0. The largest absolute Gasteiger partial charge is 0.339 e. The van der Waals surface area contributed by atoms with Gasteiger partial charge in [-0.05, 0) is 31.5 Å². The molecule has 1 aromatic carbocycles. The number of rotatable bonds is 2. The molecule has 2 rings (SSSR count). The SMILES string of the molecule is CC(C)(C(=O)N1CCNCC1)c1cccc(F)c1. The van der Waals surface area contributed by atoms with Crippen molar-refractivity contribution >= 4 is 5.91 Å². The van der Waals surface area contributed by atoms with Gasteiger partial charge in [0.1, 0.15) is 5.82 Å². The lowest BCUT2D eigenvalue weighted by Gasteiger charge is -2.35. The van der Waals surface area contributed by atoms with Crippen molar-refractivity contribution in [2.45, 2.75) is 19.3 Å². The molecule has 0 atom stereocenters. The topological polar surface area (TPSA) is 32.3 Å². The first-order chi connectivity index (χ1) is 8.51. The fraction of sp³-hybridized carbons (Fsp3) is 0.500. The molecular formula is C14H19FN2O. The smallest absolute Gasteiger partial charge is 0.232 e. The second kappa shape index (κ2) is 5.06. The van der Waals surface area contributed by atoms with Crippen LogP contribution in [0.3, 0.4) is 0 Å². The molecule has 0 saturated carbocycles. The van der Waals surface area contributed by atoms with Crippen LogP contribution >= 0.6 is 0 Å². The van der Waals surface area contributed by atoms with Gasteiger partial charge in [0.2, 0.25) is 5.91 Å². The third kappa shape index (κ3) is 2.53. The molecule has 1 aliphatic rings. The second-order valence-corrected chi connectivity index (χ2v) is 5.18.